The highest BCUT2D eigenvalue weighted by atomic mass is 35.5. The normalized spacial score (nSPS) is 22.2. The molecular weight excluding hydrogens is 194 g/mol. The fraction of sp³-hybridized carbons (Fsp3) is 0.500. The second kappa shape index (κ2) is 4.81. The molecule has 0 aliphatic carbocycles. The van der Waals surface area contributed by atoms with Gasteiger partial charge in [-0.05, 0) is 36.4 Å². The van der Waals surface area contributed by atoms with E-state index in [0.717, 1.165) is 6.54 Å². The van der Waals surface area contributed by atoms with E-state index in [1.165, 1.54) is 30.5 Å². The molecule has 0 aromatic heterocycles. The molecule has 1 N–H and O–H groups in total. The van der Waals surface area contributed by atoms with Crippen LogP contribution in [0.5, 0.6) is 0 Å². The average Bonchev–Trinajstić information content (AvgIpc) is 2.30. The summed E-state index contributed by atoms with van der Waals surface area (Å²) in [5, 5.41) is 3.44. The summed E-state index contributed by atoms with van der Waals surface area (Å²) >= 11 is 5.75. The van der Waals surface area contributed by atoms with Crippen LogP contribution in [0.2, 0.25) is 0 Å². The van der Waals surface area contributed by atoms with E-state index in [-0.39, 0.29) is 0 Å². The quantitative estimate of drug-likeness (QED) is 0.739. The highest BCUT2D eigenvalue weighted by Gasteiger charge is 2.14. The second-order valence-corrected chi connectivity index (χ2v) is 4.19. The van der Waals surface area contributed by atoms with Gasteiger partial charge in [0.15, 0.2) is 0 Å². The Balaban J connectivity index is 2.07. The van der Waals surface area contributed by atoms with Crippen molar-refractivity contribution in [3.05, 3.63) is 35.4 Å². The third-order valence-electron chi connectivity index (χ3n) is 2.90. The predicted molar refractivity (Wildman–Crippen MR) is 60.8 cm³/mol. The largest absolute Gasteiger partial charge is 0.316 e. The van der Waals surface area contributed by atoms with Crippen molar-refractivity contribution in [1.29, 1.82) is 0 Å². The minimum Gasteiger partial charge on any atom is -0.316 e. The summed E-state index contributed by atoms with van der Waals surface area (Å²) in [5.41, 5.74) is 2.66. The van der Waals surface area contributed by atoms with Crippen LogP contribution >= 0.6 is 11.6 Å². The smallest absolute Gasteiger partial charge is 0.0474 e. The van der Waals surface area contributed by atoms with Crippen LogP contribution in [0.15, 0.2) is 24.3 Å². The molecule has 0 amide bonds. The zero-order chi connectivity index (χ0) is 9.80. The highest BCUT2D eigenvalue weighted by Crippen LogP contribution is 2.23. The Hall–Kier alpha value is -0.530. The van der Waals surface area contributed by atoms with Crippen LogP contribution in [0.25, 0.3) is 0 Å². The molecule has 1 nitrogen and oxygen atoms in total. The van der Waals surface area contributed by atoms with Gasteiger partial charge in [0, 0.05) is 12.4 Å². The van der Waals surface area contributed by atoms with E-state index in [9.17, 15) is 0 Å². The van der Waals surface area contributed by atoms with Gasteiger partial charge in [-0.25, -0.2) is 0 Å². The molecule has 1 aromatic carbocycles. The Morgan fingerprint density at radius 3 is 2.64 bits per heavy atom. The zero-order valence-electron chi connectivity index (χ0n) is 8.30. The van der Waals surface area contributed by atoms with Gasteiger partial charge >= 0.3 is 0 Å². The van der Waals surface area contributed by atoms with Crippen molar-refractivity contribution in [2.45, 2.75) is 24.6 Å². The Kier molecular flexibility index (Phi) is 3.44. The molecule has 0 spiro atoms. The molecule has 2 rings (SSSR count). The molecule has 1 saturated heterocycles. The van der Waals surface area contributed by atoms with Crippen molar-refractivity contribution in [2.24, 2.45) is 0 Å². The maximum atomic E-state index is 5.75. The number of nitrogens with one attached hydrogen (secondary N) is 1. The number of halogens is 1. The van der Waals surface area contributed by atoms with Gasteiger partial charge < -0.3 is 5.32 Å². The lowest BCUT2D eigenvalue weighted by atomic mass is 9.91. The Morgan fingerprint density at radius 2 is 2.07 bits per heavy atom. The Bertz CT molecular complexity index is 275. The molecule has 0 saturated carbocycles. The number of piperidine rings is 1. The standard InChI is InChI=1S/C12H16ClN/c13-8-10-3-5-11(6-4-10)12-2-1-7-14-9-12/h3-6,12,14H,1-2,7-9H2. The molecule has 1 atom stereocenters. The van der Waals surface area contributed by atoms with Crippen molar-refractivity contribution < 1.29 is 0 Å². The number of rotatable bonds is 2. The lowest BCUT2D eigenvalue weighted by Gasteiger charge is -2.23. The molecule has 76 valence electrons. The molecule has 14 heavy (non-hydrogen) atoms. The molecule has 1 aromatic rings. The first-order chi connectivity index (χ1) is 6.90. The summed E-state index contributed by atoms with van der Waals surface area (Å²) in [6.45, 7) is 2.30. The first kappa shape index (κ1) is 10.0. The van der Waals surface area contributed by atoms with Crippen molar-refractivity contribution in [3.8, 4) is 0 Å². The van der Waals surface area contributed by atoms with Crippen molar-refractivity contribution >= 4 is 11.6 Å². The van der Waals surface area contributed by atoms with Gasteiger partial charge in [-0.3, -0.25) is 0 Å². The molecule has 1 aliphatic heterocycles. The topological polar surface area (TPSA) is 12.0 Å². The van der Waals surface area contributed by atoms with Crippen LogP contribution in [0.3, 0.4) is 0 Å². The first-order valence-corrected chi connectivity index (χ1v) is 5.79. The molecule has 0 bridgehead atoms. The van der Waals surface area contributed by atoms with E-state index in [0.29, 0.717) is 11.8 Å². The van der Waals surface area contributed by atoms with E-state index in [2.05, 4.69) is 29.6 Å². The minimum atomic E-state index is 0.614. The maximum absolute atomic E-state index is 5.75. The molecule has 1 aliphatic rings. The van der Waals surface area contributed by atoms with Gasteiger partial charge in [0.05, 0.1) is 0 Å². The zero-order valence-corrected chi connectivity index (χ0v) is 9.06. The van der Waals surface area contributed by atoms with Gasteiger partial charge in [-0.1, -0.05) is 24.3 Å². The molecule has 2 heteroatoms. The monoisotopic (exact) mass is 209 g/mol. The van der Waals surface area contributed by atoms with Crippen molar-refractivity contribution in [1.82, 2.24) is 5.32 Å². The van der Waals surface area contributed by atoms with Gasteiger partial charge in [-0.15, -0.1) is 11.6 Å². The summed E-state index contributed by atoms with van der Waals surface area (Å²) in [6, 6.07) is 8.71. The lowest BCUT2D eigenvalue weighted by Crippen LogP contribution is -2.28. The minimum absolute atomic E-state index is 0.614. The maximum Gasteiger partial charge on any atom is 0.0474 e. The van der Waals surface area contributed by atoms with Crippen LogP contribution in [0.1, 0.15) is 29.9 Å². The fourth-order valence-corrected chi connectivity index (χ4v) is 2.19. The SMILES string of the molecule is ClCc1ccc(C2CCCNC2)cc1. The van der Waals surface area contributed by atoms with Gasteiger partial charge in [0.1, 0.15) is 0 Å². The summed E-state index contributed by atoms with van der Waals surface area (Å²) in [6.07, 6.45) is 2.61. The predicted octanol–water partition coefficient (Wildman–Crippen LogP) is 2.89. The van der Waals surface area contributed by atoms with Crippen molar-refractivity contribution in [2.75, 3.05) is 13.1 Å². The van der Waals surface area contributed by atoms with Crippen LogP contribution in [0.4, 0.5) is 0 Å². The lowest BCUT2D eigenvalue weighted by molar-refractivity contribution is 0.461. The third-order valence-corrected chi connectivity index (χ3v) is 3.21. The first-order valence-electron chi connectivity index (χ1n) is 5.25. The summed E-state index contributed by atoms with van der Waals surface area (Å²) in [7, 11) is 0. The van der Waals surface area contributed by atoms with E-state index in [1.807, 2.05) is 0 Å². The van der Waals surface area contributed by atoms with Crippen molar-refractivity contribution in [3.63, 3.8) is 0 Å². The van der Waals surface area contributed by atoms with Gasteiger partial charge in [0.25, 0.3) is 0 Å². The van der Waals surface area contributed by atoms with Crippen LogP contribution in [0, 0.1) is 0 Å². The number of benzene rings is 1. The van der Waals surface area contributed by atoms with E-state index < -0.39 is 0 Å². The molecular formula is C12H16ClN. The molecule has 1 unspecified atom stereocenters. The van der Waals surface area contributed by atoms with Crippen LogP contribution in [-0.4, -0.2) is 13.1 Å². The van der Waals surface area contributed by atoms with Crippen LogP contribution < -0.4 is 5.32 Å². The molecule has 0 radical (unpaired) electrons. The number of hydrogen-bond acceptors (Lipinski definition) is 1. The summed E-state index contributed by atoms with van der Waals surface area (Å²) < 4.78 is 0. The fourth-order valence-electron chi connectivity index (χ4n) is 2.02. The van der Waals surface area contributed by atoms with E-state index in [1.54, 1.807) is 0 Å². The molecule has 1 fully saturated rings. The number of alkyl halides is 1. The summed E-state index contributed by atoms with van der Waals surface area (Å²) in [5.74, 6) is 1.32. The Labute approximate surface area is 90.5 Å². The summed E-state index contributed by atoms with van der Waals surface area (Å²) in [4.78, 5) is 0. The highest BCUT2D eigenvalue weighted by molar-refractivity contribution is 6.17. The second-order valence-electron chi connectivity index (χ2n) is 3.92. The van der Waals surface area contributed by atoms with Gasteiger partial charge in [-0.2, -0.15) is 0 Å². The van der Waals surface area contributed by atoms with Crippen LogP contribution in [-0.2, 0) is 5.88 Å². The average molecular weight is 210 g/mol. The van der Waals surface area contributed by atoms with Gasteiger partial charge in [0.2, 0.25) is 0 Å². The third kappa shape index (κ3) is 2.28. The Morgan fingerprint density at radius 1 is 1.29 bits per heavy atom. The number of hydrogen-bond donors (Lipinski definition) is 1. The van der Waals surface area contributed by atoms with E-state index in [4.69, 9.17) is 11.6 Å². The van der Waals surface area contributed by atoms with E-state index >= 15 is 0 Å². The molecule has 1 heterocycles.